The van der Waals surface area contributed by atoms with Gasteiger partial charge in [-0.05, 0) is 87.9 Å². The molecule has 2 aromatic rings. The molecule has 2 aliphatic carbocycles. The van der Waals surface area contributed by atoms with Crippen LogP contribution in [-0.4, -0.2) is 94.3 Å². The van der Waals surface area contributed by atoms with E-state index >= 15 is 0 Å². The van der Waals surface area contributed by atoms with Crippen molar-refractivity contribution < 1.29 is 33.8 Å². The Balaban J connectivity index is 1.40. The first-order valence-corrected chi connectivity index (χ1v) is 18.8. The van der Waals surface area contributed by atoms with Gasteiger partial charge in [-0.25, -0.2) is 9.78 Å². The highest BCUT2D eigenvalue weighted by molar-refractivity contribution is 5.90. The first-order chi connectivity index (χ1) is 24.4. The number of methoxy groups -OCH3 is 1. The molecule has 1 unspecified atom stereocenters. The summed E-state index contributed by atoms with van der Waals surface area (Å²) < 4.78 is 12.1. The number of hydrogen-bond acceptors (Lipinski definition) is 8. The van der Waals surface area contributed by atoms with Gasteiger partial charge < -0.3 is 40.7 Å². The Morgan fingerprint density at radius 3 is 2.33 bits per heavy atom. The number of aliphatic hydroxyl groups is 1. The Kier molecular flexibility index (Phi) is 11.9. The number of hydrogen-bond donors (Lipinski definition) is 5. The monoisotopic (exact) mass is 722 g/mol. The number of amides is 5. The van der Waals surface area contributed by atoms with Gasteiger partial charge in [-0.1, -0.05) is 34.1 Å². The summed E-state index contributed by atoms with van der Waals surface area (Å²) in [7, 11) is 1.63. The van der Waals surface area contributed by atoms with E-state index in [0.717, 1.165) is 47.9 Å². The molecule has 5 rings (SSSR count). The van der Waals surface area contributed by atoms with Crippen molar-refractivity contribution in [3.8, 4) is 11.6 Å². The van der Waals surface area contributed by atoms with E-state index in [-0.39, 0.29) is 24.9 Å². The lowest BCUT2D eigenvalue weighted by Gasteiger charge is -2.36. The smallest absolute Gasteiger partial charge is 0.315 e. The van der Waals surface area contributed by atoms with Crippen molar-refractivity contribution in [1.29, 1.82) is 0 Å². The van der Waals surface area contributed by atoms with Gasteiger partial charge in [-0.2, -0.15) is 0 Å². The van der Waals surface area contributed by atoms with E-state index in [4.69, 9.17) is 14.5 Å². The van der Waals surface area contributed by atoms with Crippen molar-refractivity contribution in [2.24, 2.45) is 5.41 Å². The number of pyridine rings is 1. The number of nitrogens with zero attached hydrogens (tertiary/aromatic N) is 2. The van der Waals surface area contributed by atoms with E-state index in [9.17, 15) is 24.3 Å². The Hall–Kier alpha value is -4.13. The van der Waals surface area contributed by atoms with E-state index in [1.54, 1.807) is 12.0 Å². The zero-order valence-corrected chi connectivity index (χ0v) is 32.0. The highest BCUT2D eigenvalue weighted by Gasteiger charge is 2.44. The molecule has 2 saturated carbocycles. The number of carbonyl (C=O) groups is 4. The van der Waals surface area contributed by atoms with Gasteiger partial charge in [0.1, 0.15) is 17.9 Å². The second-order valence-electron chi connectivity index (χ2n) is 16.9. The van der Waals surface area contributed by atoms with E-state index in [1.165, 1.54) is 0 Å². The minimum absolute atomic E-state index is 0.0728. The molecule has 3 fully saturated rings. The maximum Gasteiger partial charge on any atom is 0.315 e. The zero-order valence-electron chi connectivity index (χ0n) is 32.0. The standard InChI is InChI=1S/C39H58N6O7/c1-9-10-29(32(47)34(48)40-24-13-14-24)41-31(46)20-25-19-27(21-45(25)36(49)33(38(2,3)4)43-37(50)44-39(5,6)7)52-35-28-16-15-26(51-8)17-23(28)18-30(42-35)22-11-12-22/h15-18,22,24-25,27,29,32-33,47H,9-14,19-21H2,1-8H3,(H,40,48)(H,41,46)(H2,43,44,50)/t25-,27+,29?,32-,33+/m0/s1. The number of benzene rings is 1. The Bertz CT molecular complexity index is 1630. The van der Waals surface area contributed by atoms with Crippen LogP contribution < -0.4 is 30.7 Å². The van der Waals surface area contributed by atoms with Crippen molar-refractivity contribution in [3.63, 3.8) is 0 Å². The molecule has 5 amide bonds. The number of ether oxygens (including phenoxy) is 2. The number of fused-ring (bicyclic) bond motifs is 1. The van der Waals surface area contributed by atoms with Gasteiger partial charge in [0.15, 0.2) is 6.10 Å². The normalized spacial score (nSPS) is 20.8. The molecule has 1 aliphatic heterocycles. The third-order valence-electron chi connectivity index (χ3n) is 9.77. The van der Waals surface area contributed by atoms with Crippen molar-refractivity contribution in [1.82, 2.24) is 31.2 Å². The molecule has 13 heteroatoms. The highest BCUT2D eigenvalue weighted by Crippen LogP contribution is 2.42. The first kappa shape index (κ1) is 39.1. The predicted molar refractivity (Wildman–Crippen MR) is 198 cm³/mol. The average molecular weight is 723 g/mol. The summed E-state index contributed by atoms with van der Waals surface area (Å²) in [5.74, 6) is 0.341. The van der Waals surface area contributed by atoms with Gasteiger partial charge >= 0.3 is 6.03 Å². The second-order valence-corrected chi connectivity index (χ2v) is 16.9. The summed E-state index contributed by atoms with van der Waals surface area (Å²) >= 11 is 0. The molecule has 0 bridgehead atoms. The van der Waals surface area contributed by atoms with Crippen molar-refractivity contribution in [2.75, 3.05) is 13.7 Å². The van der Waals surface area contributed by atoms with Crippen LogP contribution in [0.15, 0.2) is 24.3 Å². The number of urea groups is 1. The maximum atomic E-state index is 14.5. The summed E-state index contributed by atoms with van der Waals surface area (Å²) in [6.07, 6.45) is 3.29. The van der Waals surface area contributed by atoms with Crippen LogP contribution in [0.1, 0.15) is 111 Å². The van der Waals surface area contributed by atoms with Crippen molar-refractivity contribution >= 4 is 34.5 Å². The Morgan fingerprint density at radius 1 is 1.02 bits per heavy atom. The maximum absolute atomic E-state index is 14.5. The van der Waals surface area contributed by atoms with Crippen molar-refractivity contribution in [3.05, 3.63) is 30.0 Å². The molecular formula is C39H58N6O7. The predicted octanol–water partition coefficient (Wildman–Crippen LogP) is 4.30. The van der Waals surface area contributed by atoms with Gasteiger partial charge in [0.25, 0.3) is 5.91 Å². The lowest BCUT2D eigenvalue weighted by molar-refractivity contribution is -0.137. The zero-order chi connectivity index (χ0) is 38.0. The van der Waals surface area contributed by atoms with Crippen LogP contribution in [0.4, 0.5) is 4.79 Å². The molecule has 3 aliphatic rings. The lowest BCUT2D eigenvalue weighted by atomic mass is 9.85. The number of nitrogens with one attached hydrogen (secondary N) is 4. The van der Waals surface area contributed by atoms with Gasteiger partial charge in [-0.3, -0.25) is 14.4 Å². The van der Waals surface area contributed by atoms with Crippen LogP contribution in [0.3, 0.4) is 0 Å². The van der Waals surface area contributed by atoms with Crippen LogP contribution in [0.25, 0.3) is 10.8 Å². The second kappa shape index (κ2) is 15.9. The van der Waals surface area contributed by atoms with Crippen molar-refractivity contribution in [2.45, 2.75) is 148 Å². The lowest BCUT2D eigenvalue weighted by Crippen LogP contribution is -2.59. The fourth-order valence-electron chi connectivity index (χ4n) is 6.73. The quantitative estimate of drug-likeness (QED) is 0.192. The summed E-state index contributed by atoms with van der Waals surface area (Å²) in [6, 6.07) is 5.14. The first-order valence-electron chi connectivity index (χ1n) is 18.8. The van der Waals surface area contributed by atoms with E-state index < -0.39 is 59.1 Å². The summed E-state index contributed by atoms with van der Waals surface area (Å²) in [4.78, 5) is 60.6. The summed E-state index contributed by atoms with van der Waals surface area (Å²) in [5.41, 5.74) is -0.239. The molecule has 0 radical (unpaired) electrons. The van der Waals surface area contributed by atoms with Gasteiger partial charge in [0, 0.05) is 47.5 Å². The summed E-state index contributed by atoms with van der Waals surface area (Å²) in [5, 5.41) is 24.1. The molecule has 1 aromatic carbocycles. The molecule has 286 valence electrons. The number of likely N-dealkylation sites (tertiary alicyclic amines) is 1. The third-order valence-corrected chi connectivity index (χ3v) is 9.77. The Morgan fingerprint density at radius 2 is 1.73 bits per heavy atom. The van der Waals surface area contributed by atoms with E-state index in [0.29, 0.717) is 31.1 Å². The molecule has 1 saturated heterocycles. The molecule has 2 heterocycles. The van der Waals surface area contributed by atoms with Crippen LogP contribution in [-0.2, 0) is 14.4 Å². The van der Waals surface area contributed by atoms with Crippen LogP contribution in [0.5, 0.6) is 11.6 Å². The van der Waals surface area contributed by atoms with E-state index in [2.05, 4.69) is 27.3 Å². The fraction of sp³-hybridized carbons (Fsp3) is 0.667. The number of carbonyl (C=O) groups excluding carboxylic acids is 4. The SMILES string of the molecule is CCCC(NC(=O)C[C@@H]1C[C@@H](Oc2nc(C3CC3)cc3cc(OC)ccc23)CN1C(=O)[C@@H](NC(=O)NC(C)(C)C)C(C)(C)C)[C@H](O)C(=O)NC1CC1. The van der Waals surface area contributed by atoms with Gasteiger partial charge in [-0.15, -0.1) is 0 Å². The molecule has 13 nitrogen and oxygen atoms in total. The minimum Gasteiger partial charge on any atom is -0.497 e. The molecule has 0 spiro atoms. The molecule has 52 heavy (non-hydrogen) atoms. The fourth-order valence-corrected chi connectivity index (χ4v) is 6.73. The topological polar surface area (TPSA) is 171 Å². The summed E-state index contributed by atoms with van der Waals surface area (Å²) in [6.45, 7) is 13.3. The van der Waals surface area contributed by atoms with Crippen LogP contribution in [0.2, 0.25) is 0 Å². The van der Waals surface area contributed by atoms with E-state index in [1.807, 2.05) is 66.7 Å². The number of aromatic nitrogens is 1. The van der Waals surface area contributed by atoms with Gasteiger partial charge in [0.05, 0.1) is 19.7 Å². The number of aliphatic hydroxyl groups excluding tert-OH is 1. The Labute approximate surface area is 307 Å². The molecule has 1 aromatic heterocycles. The third kappa shape index (κ3) is 10.3. The largest absolute Gasteiger partial charge is 0.497 e. The minimum atomic E-state index is -1.39. The molecule has 5 atom stereocenters. The highest BCUT2D eigenvalue weighted by atomic mass is 16.5. The molecular weight excluding hydrogens is 664 g/mol. The van der Waals surface area contributed by atoms with Crippen LogP contribution >= 0.6 is 0 Å². The average Bonchev–Trinajstić information content (AvgIpc) is 4.00. The molecule has 5 N–H and O–H groups in total. The van der Waals surface area contributed by atoms with Gasteiger partial charge in [0.2, 0.25) is 17.7 Å². The number of rotatable bonds is 14. The van der Waals surface area contributed by atoms with Crippen LogP contribution in [0, 0.1) is 5.41 Å².